The van der Waals surface area contributed by atoms with Crippen molar-refractivity contribution in [2.75, 3.05) is 13.2 Å². The molecule has 0 aliphatic carbocycles. The van der Waals surface area contributed by atoms with Gasteiger partial charge in [-0.25, -0.2) is 0 Å². The molecule has 0 N–H and O–H groups in total. The molecule has 0 saturated heterocycles. The van der Waals surface area contributed by atoms with Crippen molar-refractivity contribution in [3.8, 4) is 0 Å². The molecular weight excluding hydrogens is 973 g/mol. The van der Waals surface area contributed by atoms with Gasteiger partial charge in [0.25, 0.3) is 0 Å². The molecule has 0 aromatic rings. The van der Waals surface area contributed by atoms with Crippen molar-refractivity contribution >= 4 is 17.9 Å². The van der Waals surface area contributed by atoms with E-state index in [-0.39, 0.29) is 31.1 Å². The van der Waals surface area contributed by atoms with Gasteiger partial charge in [0.15, 0.2) is 6.10 Å². The first-order valence-corrected chi connectivity index (χ1v) is 33.0. The summed E-state index contributed by atoms with van der Waals surface area (Å²) in [6.45, 7) is 6.42. The summed E-state index contributed by atoms with van der Waals surface area (Å²) in [5, 5.41) is 0. The quantitative estimate of drug-likeness (QED) is 0.0261. The van der Waals surface area contributed by atoms with E-state index < -0.39 is 6.10 Å². The third-order valence-corrected chi connectivity index (χ3v) is 14.0. The van der Waals surface area contributed by atoms with Gasteiger partial charge in [-0.3, -0.25) is 14.4 Å². The zero-order valence-corrected chi connectivity index (χ0v) is 51.6. The fraction of sp³-hybridized carbons (Fsp3) is 0.685. The van der Waals surface area contributed by atoms with Crippen molar-refractivity contribution in [3.63, 3.8) is 0 Å². The minimum Gasteiger partial charge on any atom is -0.462 e. The number of carbonyl (C=O) groups excluding carboxylic acids is 3. The Labute approximate surface area is 488 Å². The summed E-state index contributed by atoms with van der Waals surface area (Å²) in [5.41, 5.74) is 0. The molecular formula is C73H122O6. The van der Waals surface area contributed by atoms with Crippen LogP contribution < -0.4 is 0 Å². The van der Waals surface area contributed by atoms with Crippen LogP contribution >= 0.6 is 0 Å². The van der Waals surface area contributed by atoms with Crippen LogP contribution in [0.3, 0.4) is 0 Å². The molecule has 450 valence electrons. The lowest BCUT2D eigenvalue weighted by Crippen LogP contribution is -2.30. The smallest absolute Gasteiger partial charge is 0.306 e. The molecule has 0 amide bonds. The van der Waals surface area contributed by atoms with Gasteiger partial charge in [0, 0.05) is 19.3 Å². The number of esters is 3. The van der Waals surface area contributed by atoms with Crippen molar-refractivity contribution in [3.05, 3.63) is 122 Å². The third kappa shape index (κ3) is 64.5. The van der Waals surface area contributed by atoms with Crippen LogP contribution in [-0.4, -0.2) is 37.2 Å². The van der Waals surface area contributed by atoms with Crippen molar-refractivity contribution < 1.29 is 28.6 Å². The van der Waals surface area contributed by atoms with Gasteiger partial charge in [0.2, 0.25) is 0 Å². The number of hydrogen-bond acceptors (Lipinski definition) is 6. The van der Waals surface area contributed by atoms with E-state index in [0.717, 1.165) is 135 Å². The lowest BCUT2D eigenvalue weighted by Gasteiger charge is -2.18. The first-order chi connectivity index (χ1) is 39.0. The maximum atomic E-state index is 12.9. The number of carbonyl (C=O) groups is 3. The third-order valence-electron chi connectivity index (χ3n) is 14.0. The minimum atomic E-state index is -0.791. The minimum absolute atomic E-state index is 0.0849. The summed E-state index contributed by atoms with van der Waals surface area (Å²) in [5.74, 6) is -0.898. The summed E-state index contributed by atoms with van der Waals surface area (Å²) >= 11 is 0. The first kappa shape index (κ1) is 74.8. The standard InChI is InChI=1S/C73H122O6/c1-4-7-10-13-16-19-22-25-28-30-31-32-33-34-35-36-37-38-39-40-41-43-45-48-51-54-57-60-63-66-72(75)78-69-70(68-77-71(74)65-62-59-56-53-50-47-44-27-24-21-18-15-12-9-6-3)79-73(76)67-64-61-58-55-52-49-46-42-29-26-23-20-17-14-11-8-5-2/h7-8,10-11,16-17,19-20,25-26,28-29,31-32,34-35,37-38,40-41,70H,4-6,9,12-15,18,21-24,27,30,33,36,39,42-69H2,1-3H3/b10-7-,11-8-,19-16-,20-17-,28-25-,29-26-,32-31-,35-34-,38-37-,41-40-. The maximum Gasteiger partial charge on any atom is 0.306 e. The van der Waals surface area contributed by atoms with E-state index in [1.807, 2.05) is 0 Å². The molecule has 0 aromatic heterocycles. The van der Waals surface area contributed by atoms with Gasteiger partial charge in [-0.05, 0) is 109 Å². The average molecular weight is 1100 g/mol. The molecule has 0 rings (SSSR count). The lowest BCUT2D eigenvalue weighted by molar-refractivity contribution is -0.167. The van der Waals surface area contributed by atoms with Gasteiger partial charge in [-0.1, -0.05) is 296 Å². The van der Waals surface area contributed by atoms with E-state index in [1.54, 1.807) is 0 Å². The summed E-state index contributed by atoms with van der Waals surface area (Å²) in [6, 6.07) is 0. The predicted molar refractivity (Wildman–Crippen MR) is 343 cm³/mol. The Morgan fingerprint density at radius 3 is 0.772 bits per heavy atom. The fourth-order valence-electron chi connectivity index (χ4n) is 9.09. The molecule has 0 saturated carbocycles. The van der Waals surface area contributed by atoms with Crippen LogP contribution in [0.25, 0.3) is 0 Å². The van der Waals surface area contributed by atoms with Gasteiger partial charge < -0.3 is 14.2 Å². The number of hydrogen-bond donors (Lipinski definition) is 0. The SMILES string of the molecule is CC/C=C\C/C=C\C/C=C\C/C=C\C/C=C\C/C=C\C/C=C\CCCCCCCCCC(=O)OCC(COC(=O)CCCCCCCCCCCCCCCCC)OC(=O)CCCCCCCCC/C=C\C/C=C\C/C=C\CC. The Kier molecular flexibility index (Phi) is 62.8. The second-order valence-corrected chi connectivity index (χ2v) is 21.6. The zero-order chi connectivity index (χ0) is 57.1. The highest BCUT2D eigenvalue weighted by molar-refractivity contribution is 5.71. The van der Waals surface area contributed by atoms with Crippen LogP contribution in [0.2, 0.25) is 0 Å². The molecule has 0 fully saturated rings. The molecule has 79 heavy (non-hydrogen) atoms. The van der Waals surface area contributed by atoms with Crippen LogP contribution in [0.5, 0.6) is 0 Å². The molecule has 0 spiro atoms. The highest BCUT2D eigenvalue weighted by Gasteiger charge is 2.19. The molecule has 0 aliphatic rings. The Hall–Kier alpha value is -4.19. The van der Waals surface area contributed by atoms with Gasteiger partial charge in [0.1, 0.15) is 13.2 Å². The normalized spacial score (nSPS) is 12.9. The van der Waals surface area contributed by atoms with Crippen molar-refractivity contribution in [1.29, 1.82) is 0 Å². The lowest BCUT2D eigenvalue weighted by atomic mass is 10.0. The topological polar surface area (TPSA) is 78.9 Å². The second kappa shape index (κ2) is 66.3. The highest BCUT2D eigenvalue weighted by Crippen LogP contribution is 2.16. The van der Waals surface area contributed by atoms with E-state index >= 15 is 0 Å². The van der Waals surface area contributed by atoms with Gasteiger partial charge >= 0.3 is 17.9 Å². The van der Waals surface area contributed by atoms with E-state index in [1.165, 1.54) is 128 Å². The Balaban J connectivity index is 4.36. The van der Waals surface area contributed by atoms with Crippen molar-refractivity contribution in [1.82, 2.24) is 0 Å². The summed E-state index contributed by atoms with van der Waals surface area (Å²) in [4.78, 5) is 38.4. The molecule has 0 bridgehead atoms. The van der Waals surface area contributed by atoms with Crippen LogP contribution in [-0.2, 0) is 28.6 Å². The molecule has 0 heterocycles. The van der Waals surface area contributed by atoms with E-state index in [4.69, 9.17) is 14.2 Å². The number of rotatable bonds is 59. The molecule has 0 aliphatic heterocycles. The molecule has 1 atom stereocenters. The maximum absolute atomic E-state index is 12.9. The van der Waals surface area contributed by atoms with Gasteiger partial charge in [-0.15, -0.1) is 0 Å². The predicted octanol–water partition coefficient (Wildman–Crippen LogP) is 22.8. The van der Waals surface area contributed by atoms with Gasteiger partial charge in [0.05, 0.1) is 0 Å². The number of unbranched alkanes of at least 4 members (excludes halogenated alkanes) is 28. The van der Waals surface area contributed by atoms with Crippen LogP contribution in [0, 0.1) is 0 Å². The van der Waals surface area contributed by atoms with Crippen LogP contribution in [0.1, 0.15) is 303 Å². The summed E-state index contributed by atoms with van der Waals surface area (Å²) in [6.07, 6.45) is 92.0. The Bertz CT molecular complexity index is 1640. The molecule has 0 radical (unpaired) electrons. The first-order valence-electron chi connectivity index (χ1n) is 33.0. The summed E-state index contributed by atoms with van der Waals surface area (Å²) < 4.78 is 16.9. The zero-order valence-electron chi connectivity index (χ0n) is 51.6. The molecule has 6 heteroatoms. The number of ether oxygens (including phenoxy) is 3. The van der Waals surface area contributed by atoms with E-state index in [9.17, 15) is 14.4 Å². The second-order valence-electron chi connectivity index (χ2n) is 21.6. The Morgan fingerprint density at radius 2 is 0.494 bits per heavy atom. The van der Waals surface area contributed by atoms with E-state index in [2.05, 4.69) is 142 Å². The Morgan fingerprint density at radius 1 is 0.266 bits per heavy atom. The van der Waals surface area contributed by atoms with Crippen LogP contribution in [0.4, 0.5) is 0 Å². The van der Waals surface area contributed by atoms with E-state index in [0.29, 0.717) is 19.3 Å². The average Bonchev–Trinajstić information content (AvgIpc) is 3.45. The largest absolute Gasteiger partial charge is 0.462 e. The molecule has 6 nitrogen and oxygen atoms in total. The summed E-state index contributed by atoms with van der Waals surface area (Å²) in [7, 11) is 0. The molecule has 0 aromatic carbocycles. The fourth-order valence-corrected chi connectivity index (χ4v) is 9.09. The monoisotopic (exact) mass is 1090 g/mol. The van der Waals surface area contributed by atoms with Gasteiger partial charge in [-0.2, -0.15) is 0 Å². The van der Waals surface area contributed by atoms with Crippen molar-refractivity contribution in [2.24, 2.45) is 0 Å². The molecule has 1 unspecified atom stereocenters. The van der Waals surface area contributed by atoms with Crippen molar-refractivity contribution in [2.45, 2.75) is 309 Å². The highest BCUT2D eigenvalue weighted by atomic mass is 16.6. The number of allylic oxidation sites excluding steroid dienone is 20. The van der Waals surface area contributed by atoms with Crippen LogP contribution in [0.15, 0.2) is 122 Å².